The highest BCUT2D eigenvalue weighted by Crippen LogP contribution is 2.44. The lowest BCUT2D eigenvalue weighted by atomic mass is 9.64. The normalized spacial score (nSPS) is 26.1. The van der Waals surface area contributed by atoms with E-state index in [2.05, 4.69) is 49.3 Å². The summed E-state index contributed by atoms with van der Waals surface area (Å²) in [6.07, 6.45) is 1.41. The summed E-state index contributed by atoms with van der Waals surface area (Å²) in [5.41, 5.74) is 0.166. The van der Waals surface area contributed by atoms with Crippen LogP contribution in [-0.4, -0.2) is 28.1 Å². The van der Waals surface area contributed by atoms with Crippen molar-refractivity contribution in [2.45, 2.75) is 59.1 Å². The molecule has 1 aliphatic carbocycles. The van der Waals surface area contributed by atoms with Crippen LogP contribution in [0.3, 0.4) is 0 Å². The number of hydrogen-bond acceptors (Lipinski definition) is 5. The van der Waals surface area contributed by atoms with Crippen LogP contribution in [0.5, 0.6) is 0 Å². The van der Waals surface area contributed by atoms with E-state index in [0.717, 1.165) is 24.0 Å². The quantitative estimate of drug-likeness (QED) is 0.891. The lowest BCUT2D eigenvalue weighted by molar-refractivity contribution is -0.0976. The van der Waals surface area contributed by atoms with Crippen LogP contribution in [0.1, 0.15) is 52.8 Å². The van der Waals surface area contributed by atoms with Crippen molar-refractivity contribution in [3.8, 4) is 0 Å². The van der Waals surface area contributed by atoms with Crippen molar-refractivity contribution in [3.63, 3.8) is 0 Å². The second kappa shape index (κ2) is 5.13. The van der Waals surface area contributed by atoms with E-state index in [1.165, 1.54) is 11.5 Å². The Bertz CT molecular complexity index is 403. The standard InChI is InChI=1S/C13H23N3OS/c1-6-17-10-7-9(13(10,4)5)14-12-15-11(8(2)3)16-18-12/h8-10H,6-7H2,1-5H3,(H,14,15,16). The fourth-order valence-electron chi connectivity index (χ4n) is 2.29. The fraction of sp³-hybridized carbons (Fsp3) is 0.846. The van der Waals surface area contributed by atoms with Crippen LogP contribution < -0.4 is 5.32 Å². The molecular weight excluding hydrogens is 246 g/mol. The predicted molar refractivity (Wildman–Crippen MR) is 75.2 cm³/mol. The van der Waals surface area contributed by atoms with Crippen molar-refractivity contribution in [1.29, 1.82) is 0 Å². The van der Waals surface area contributed by atoms with E-state index in [4.69, 9.17) is 4.74 Å². The third-order valence-corrected chi connectivity index (χ3v) is 4.46. The molecule has 2 rings (SSSR count). The molecule has 0 bridgehead atoms. The smallest absolute Gasteiger partial charge is 0.202 e. The summed E-state index contributed by atoms with van der Waals surface area (Å²) < 4.78 is 10.1. The summed E-state index contributed by atoms with van der Waals surface area (Å²) in [4.78, 5) is 4.52. The monoisotopic (exact) mass is 269 g/mol. The van der Waals surface area contributed by atoms with Crippen molar-refractivity contribution in [2.75, 3.05) is 11.9 Å². The van der Waals surface area contributed by atoms with Gasteiger partial charge < -0.3 is 10.1 Å². The maximum absolute atomic E-state index is 5.73. The molecule has 2 atom stereocenters. The van der Waals surface area contributed by atoms with Crippen molar-refractivity contribution in [2.24, 2.45) is 5.41 Å². The van der Waals surface area contributed by atoms with E-state index in [1.807, 2.05) is 0 Å². The zero-order chi connectivity index (χ0) is 13.3. The lowest BCUT2D eigenvalue weighted by Crippen LogP contribution is -2.58. The maximum atomic E-state index is 5.73. The van der Waals surface area contributed by atoms with Gasteiger partial charge in [0.05, 0.1) is 6.10 Å². The van der Waals surface area contributed by atoms with Gasteiger partial charge in [0.1, 0.15) is 5.82 Å². The number of nitrogens with zero attached hydrogens (tertiary/aromatic N) is 2. The van der Waals surface area contributed by atoms with E-state index in [1.54, 1.807) is 0 Å². The van der Waals surface area contributed by atoms with E-state index >= 15 is 0 Å². The fourth-order valence-corrected chi connectivity index (χ4v) is 3.05. The van der Waals surface area contributed by atoms with Crippen LogP contribution in [0.15, 0.2) is 0 Å². The Morgan fingerprint density at radius 2 is 2.22 bits per heavy atom. The molecule has 2 unspecified atom stereocenters. The minimum absolute atomic E-state index is 0.166. The molecule has 1 aromatic rings. The first-order chi connectivity index (χ1) is 8.45. The second-order valence-corrected chi connectivity index (χ2v) is 6.56. The van der Waals surface area contributed by atoms with Gasteiger partial charge in [0, 0.05) is 35.5 Å². The first-order valence-electron chi connectivity index (χ1n) is 6.66. The molecule has 0 radical (unpaired) electrons. The van der Waals surface area contributed by atoms with Gasteiger partial charge in [0.15, 0.2) is 0 Å². The molecule has 1 N–H and O–H groups in total. The summed E-state index contributed by atoms with van der Waals surface area (Å²) in [5.74, 6) is 1.32. The zero-order valence-electron chi connectivity index (χ0n) is 11.9. The average Bonchev–Trinajstić information content (AvgIpc) is 2.76. The molecule has 0 aliphatic heterocycles. The average molecular weight is 269 g/mol. The SMILES string of the molecule is CCOC1CC(Nc2nc(C(C)C)ns2)C1(C)C. The predicted octanol–water partition coefficient (Wildman–Crippen LogP) is 3.28. The highest BCUT2D eigenvalue weighted by molar-refractivity contribution is 7.09. The van der Waals surface area contributed by atoms with E-state index in [9.17, 15) is 0 Å². The maximum Gasteiger partial charge on any atom is 0.202 e. The number of hydrogen-bond donors (Lipinski definition) is 1. The molecule has 1 aromatic heterocycles. The molecular formula is C13H23N3OS. The summed E-state index contributed by atoms with van der Waals surface area (Å²) in [6.45, 7) is 11.6. The van der Waals surface area contributed by atoms with Gasteiger partial charge in [-0.25, -0.2) is 4.98 Å². The molecule has 0 amide bonds. The first kappa shape index (κ1) is 13.7. The molecule has 1 heterocycles. The van der Waals surface area contributed by atoms with Gasteiger partial charge in [-0.3, -0.25) is 0 Å². The Labute approximate surface area is 113 Å². The van der Waals surface area contributed by atoms with Crippen LogP contribution >= 0.6 is 11.5 Å². The Morgan fingerprint density at radius 1 is 1.50 bits per heavy atom. The number of anilines is 1. The van der Waals surface area contributed by atoms with Gasteiger partial charge in [-0.1, -0.05) is 27.7 Å². The van der Waals surface area contributed by atoms with Gasteiger partial charge in [-0.05, 0) is 13.3 Å². The second-order valence-electron chi connectivity index (χ2n) is 5.81. The minimum Gasteiger partial charge on any atom is -0.378 e. The Morgan fingerprint density at radius 3 is 2.72 bits per heavy atom. The van der Waals surface area contributed by atoms with E-state index < -0.39 is 0 Å². The first-order valence-corrected chi connectivity index (χ1v) is 7.44. The van der Waals surface area contributed by atoms with Crippen LogP contribution in [-0.2, 0) is 4.74 Å². The van der Waals surface area contributed by atoms with Gasteiger partial charge in [0.25, 0.3) is 0 Å². The summed E-state index contributed by atoms with van der Waals surface area (Å²) >= 11 is 1.46. The zero-order valence-corrected chi connectivity index (χ0v) is 12.7. The van der Waals surface area contributed by atoms with Gasteiger partial charge in [0.2, 0.25) is 5.13 Å². The van der Waals surface area contributed by atoms with Crippen molar-refractivity contribution in [3.05, 3.63) is 5.82 Å². The van der Waals surface area contributed by atoms with Crippen molar-refractivity contribution < 1.29 is 4.74 Å². The molecule has 1 aliphatic rings. The minimum atomic E-state index is 0.166. The van der Waals surface area contributed by atoms with Crippen LogP contribution in [0.25, 0.3) is 0 Å². The summed E-state index contributed by atoms with van der Waals surface area (Å²) in [7, 11) is 0. The molecule has 0 aromatic carbocycles. The number of aromatic nitrogens is 2. The van der Waals surface area contributed by atoms with Crippen molar-refractivity contribution >= 4 is 16.7 Å². The Kier molecular flexibility index (Phi) is 3.92. The number of ether oxygens (including phenoxy) is 1. The molecule has 4 nitrogen and oxygen atoms in total. The molecule has 18 heavy (non-hydrogen) atoms. The molecule has 0 spiro atoms. The lowest BCUT2D eigenvalue weighted by Gasteiger charge is -2.51. The number of nitrogens with one attached hydrogen (secondary N) is 1. The molecule has 1 fully saturated rings. The summed E-state index contributed by atoms with van der Waals surface area (Å²) in [6, 6.07) is 0.432. The third-order valence-electron chi connectivity index (χ3n) is 3.80. The van der Waals surface area contributed by atoms with Crippen LogP contribution in [0, 0.1) is 5.41 Å². The van der Waals surface area contributed by atoms with Gasteiger partial charge in [-0.2, -0.15) is 4.37 Å². The Balaban J connectivity index is 1.94. The van der Waals surface area contributed by atoms with Gasteiger partial charge in [-0.15, -0.1) is 0 Å². The molecule has 1 saturated carbocycles. The van der Waals surface area contributed by atoms with Crippen molar-refractivity contribution in [1.82, 2.24) is 9.36 Å². The molecule has 0 saturated heterocycles. The highest BCUT2D eigenvalue weighted by atomic mass is 32.1. The van der Waals surface area contributed by atoms with Crippen LogP contribution in [0.4, 0.5) is 5.13 Å². The topological polar surface area (TPSA) is 47.0 Å². The largest absolute Gasteiger partial charge is 0.378 e. The summed E-state index contributed by atoms with van der Waals surface area (Å²) in [5, 5.41) is 4.43. The Hall–Kier alpha value is -0.680. The molecule has 102 valence electrons. The third kappa shape index (κ3) is 2.52. The van der Waals surface area contributed by atoms with Crippen LogP contribution in [0.2, 0.25) is 0 Å². The molecule has 5 heteroatoms. The van der Waals surface area contributed by atoms with E-state index in [-0.39, 0.29) is 5.41 Å². The number of rotatable bonds is 5. The van der Waals surface area contributed by atoms with E-state index in [0.29, 0.717) is 18.1 Å². The van der Waals surface area contributed by atoms with Gasteiger partial charge >= 0.3 is 0 Å². The highest BCUT2D eigenvalue weighted by Gasteiger charge is 2.49.